The standard InChI is InChI=1S/C27H40N4/c1-3-5-6-7-22-12-14-24(15-13-22)27(26-17-28-19-29-26)31-18-25(30-20-31)16-23-10-8-21(4-2)9-11-23/h8,12,17-20,23-24,27H,3-7,9-11,13-16H2,1-2H3,(H,28,29). The third-order valence-electron chi connectivity index (χ3n) is 7.47. The maximum atomic E-state index is 4.83. The summed E-state index contributed by atoms with van der Waals surface area (Å²) in [4.78, 5) is 12.6. The summed E-state index contributed by atoms with van der Waals surface area (Å²) in [5.74, 6) is 1.34. The average Bonchev–Trinajstić information content (AvgIpc) is 3.49. The lowest BCUT2D eigenvalue weighted by molar-refractivity contribution is 0.337. The maximum Gasteiger partial charge on any atom is 0.0955 e. The van der Waals surface area contributed by atoms with Crippen LogP contribution in [0.5, 0.6) is 0 Å². The molecule has 0 fully saturated rings. The zero-order valence-corrected chi connectivity index (χ0v) is 19.5. The number of H-pyrrole nitrogens is 1. The van der Waals surface area contributed by atoms with E-state index in [1.165, 1.54) is 75.6 Å². The summed E-state index contributed by atoms with van der Waals surface area (Å²) in [5.41, 5.74) is 5.77. The van der Waals surface area contributed by atoms with E-state index in [9.17, 15) is 0 Å². The lowest BCUT2D eigenvalue weighted by Crippen LogP contribution is -2.22. The van der Waals surface area contributed by atoms with Crippen LogP contribution in [0.4, 0.5) is 0 Å². The molecule has 2 aromatic rings. The maximum absolute atomic E-state index is 4.83. The van der Waals surface area contributed by atoms with E-state index in [2.05, 4.69) is 53.1 Å². The monoisotopic (exact) mass is 420 g/mol. The van der Waals surface area contributed by atoms with Gasteiger partial charge in [0.15, 0.2) is 0 Å². The van der Waals surface area contributed by atoms with Crippen molar-refractivity contribution in [3.63, 3.8) is 0 Å². The van der Waals surface area contributed by atoms with Gasteiger partial charge in [-0.3, -0.25) is 0 Å². The molecule has 3 atom stereocenters. The summed E-state index contributed by atoms with van der Waals surface area (Å²) < 4.78 is 2.36. The van der Waals surface area contributed by atoms with Gasteiger partial charge in [0.2, 0.25) is 0 Å². The van der Waals surface area contributed by atoms with E-state index in [-0.39, 0.29) is 0 Å². The normalized spacial score (nSPS) is 22.8. The first kappa shape index (κ1) is 22.1. The molecule has 2 aliphatic rings. The number of aromatic amines is 1. The van der Waals surface area contributed by atoms with Gasteiger partial charge in [-0.2, -0.15) is 0 Å². The van der Waals surface area contributed by atoms with Gasteiger partial charge in [-0.25, -0.2) is 9.97 Å². The van der Waals surface area contributed by atoms with Crippen LogP contribution in [0.3, 0.4) is 0 Å². The summed E-state index contributed by atoms with van der Waals surface area (Å²) in [7, 11) is 0. The highest BCUT2D eigenvalue weighted by atomic mass is 15.1. The van der Waals surface area contributed by atoms with E-state index in [4.69, 9.17) is 4.98 Å². The Labute approximate surface area is 188 Å². The number of hydrogen-bond donors (Lipinski definition) is 1. The van der Waals surface area contributed by atoms with Gasteiger partial charge in [-0.1, -0.05) is 50.0 Å². The number of aromatic nitrogens is 4. The minimum absolute atomic E-state index is 0.301. The predicted octanol–water partition coefficient (Wildman–Crippen LogP) is 7.18. The van der Waals surface area contributed by atoms with Crippen LogP contribution in [0.2, 0.25) is 0 Å². The van der Waals surface area contributed by atoms with Crippen molar-refractivity contribution in [2.45, 2.75) is 96.9 Å². The van der Waals surface area contributed by atoms with E-state index in [1.807, 2.05) is 12.5 Å². The third kappa shape index (κ3) is 5.78. The van der Waals surface area contributed by atoms with Crippen molar-refractivity contribution in [3.8, 4) is 0 Å². The molecule has 2 heterocycles. The number of nitrogens with one attached hydrogen (secondary N) is 1. The molecular weight excluding hydrogens is 380 g/mol. The van der Waals surface area contributed by atoms with Crippen molar-refractivity contribution in [3.05, 3.63) is 59.7 Å². The molecule has 168 valence electrons. The molecule has 0 radical (unpaired) electrons. The largest absolute Gasteiger partial charge is 0.347 e. The molecule has 0 saturated heterocycles. The molecule has 0 aromatic carbocycles. The molecule has 0 amide bonds. The van der Waals surface area contributed by atoms with Crippen molar-refractivity contribution in [1.82, 2.24) is 19.5 Å². The van der Waals surface area contributed by atoms with Gasteiger partial charge < -0.3 is 9.55 Å². The predicted molar refractivity (Wildman–Crippen MR) is 128 cm³/mol. The van der Waals surface area contributed by atoms with E-state index >= 15 is 0 Å². The Morgan fingerprint density at radius 3 is 2.65 bits per heavy atom. The first-order valence-electron chi connectivity index (χ1n) is 12.6. The van der Waals surface area contributed by atoms with Gasteiger partial charge in [0, 0.05) is 6.20 Å². The average molecular weight is 421 g/mol. The Morgan fingerprint density at radius 2 is 1.97 bits per heavy atom. The Morgan fingerprint density at radius 1 is 1.10 bits per heavy atom. The highest BCUT2D eigenvalue weighted by Gasteiger charge is 2.28. The van der Waals surface area contributed by atoms with Crippen LogP contribution in [-0.4, -0.2) is 19.5 Å². The second-order valence-corrected chi connectivity index (χ2v) is 9.68. The first-order valence-corrected chi connectivity index (χ1v) is 12.6. The second kappa shape index (κ2) is 11.0. The first-order chi connectivity index (χ1) is 15.3. The quantitative estimate of drug-likeness (QED) is 0.327. The van der Waals surface area contributed by atoms with Crippen molar-refractivity contribution >= 4 is 0 Å². The molecular formula is C27H40N4. The van der Waals surface area contributed by atoms with Crippen LogP contribution in [0, 0.1) is 11.8 Å². The van der Waals surface area contributed by atoms with E-state index < -0.39 is 0 Å². The Bertz CT molecular complexity index is 858. The van der Waals surface area contributed by atoms with Gasteiger partial charge in [0.1, 0.15) is 0 Å². The van der Waals surface area contributed by atoms with E-state index in [0.717, 1.165) is 18.8 Å². The summed E-state index contributed by atoms with van der Waals surface area (Å²) in [6.07, 6.45) is 28.3. The fourth-order valence-electron chi connectivity index (χ4n) is 5.49. The number of imidazole rings is 2. The number of allylic oxidation sites excluding steroid dienone is 4. The van der Waals surface area contributed by atoms with Gasteiger partial charge in [0.25, 0.3) is 0 Å². The number of nitrogens with zero attached hydrogens (tertiary/aromatic N) is 3. The number of unbranched alkanes of at least 4 members (excludes halogenated alkanes) is 2. The minimum atomic E-state index is 0.301. The van der Waals surface area contributed by atoms with Gasteiger partial charge in [-0.05, 0) is 76.0 Å². The highest BCUT2D eigenvalue weighted by Crippen LogP contribution is 2.37. The summed E-state index contributed by atoms with van der Waals surface area (Å²) >= 11 is 0. The molecule has 31 heavy (non-hydrogen) atoms. The van der Waals surface area contributed by atoms with Crippen LogP contribution in [0.1, 0.15) is 102 Å². The van der Waals surface area contributed by atoms with Gasteiger partial charge in [-0.15, -0.1) is 0 Å². The molecule has 0 spiro atoms. The zero-order chi connectivity index (χ0) is 21.5. The molecule has 2 aromatic heterocycles. The lowest BCUT2D eigenvalue weighted by Gasteiger charge is -2.30. The van der Waals surface area contributed by atoms with E-state index in [1.54, 1.807) is 11.1 Å². The third-order valence-corrected chi connectivity index (χ3v) is 7.47. The van der Waals surface area contributed by atoms with Gasteiger partial charge >= 0.3 is 0 Å². The molecule has 0 aliphatic heterocycles. The molecule has 0 bridgehead atoms. The Balaban J connectivity index is 1.43. The molecule has 2 aliphatic carbocycles. The van der Waals surface area contributed by atoms with Crippen molar-refractivity contribution in [2.75, 3.05) is 0 Å². The van der Waals surface area contributed by atoms with Crippen molar-refractivity contribution in [2.24, 2.45) is 11.8 Å². The fourth-order valence-corrected chi connectivity index (χ4v) is 5.49. The minimum Gasteiger partial charge on any atom is -0.347 e. The van der Waals surface area contributed by atoms with Crippen LogP contribution in [0.25, 0.3) is 0 Å². The summed E-state index contributed by atoms with van der Waals surface area (Å²) in [6.45, 7) is 4.56. The van der Waals surface area contributed by atoms with Crippen LogP contribution < -0.4 is 0 Å². The molecule has 4 rings (SSSR count). The molecule has 4 heteroatoms. The van der Waals surface area contributed by atoms with E-state index in [0.29, 0.717) is 12.0 Å². The van der Waals surface area contributed by atoms with Crippen LogP contribution in [-0.2, 0) is 6.42 Å². The summed E-state index contributed by atoms with van der Waals surface area (Å²) in [5, 5.41) is 0. The molecule has 1 N–H and O–H groups in total. The number of hydrogen-bond acceptors (Lipinski definition) is 2. The Kier molecular flexibility index (Phi) is 7.82. The second-order valence-electron chi connectivity index (χ2n) is 9.68. The highest BCUT2D eigenvalue weighted by molar-refractivity contribution is 5.15. The van der Waals surface area contributed by atoms with Gasteiger partial charge in [0.05, 0.1) is 36.3 Å². The van der Waals surface area contributed by atoms with Crippen LogP contribution in [0.15, 0.2) is 48.3 Å². The Hall–Kier alpha value is -2.10. The molecule has 4 nitrogen and oxygen atoms in total. The SMILES string of the molecule is CCCCCC1=CCC(C(c2cnc[nH]2)n2cnc(CC3CC=C(CC)CC3)c2)CC1. The molecule has 3 unspecified atom stereocenters. The number of rotatable bonds is 10. The molecule has 0 saturated carbocycles. The smallest absolute Gasteiger partial charge is 0.0955 e. The van der Waals surface area contributed by atoms with Crippen LogP contribution >= 0.6 is 0 Å². The fraction of sp³-hybridized carbons (Fsp3) is 0.630. The topological polar surface area (TPSA) is 46.5 Å². The van der Waals surface area contributed by atoms with Crippen molar-refractivity contribution in [1.29, 1.82) is 0 Å². The zero-order valence-electron chi connectivity index (χ0n) is 19.5. The summed E-state index contributed by atoms with van der Waals surface area (Å²) in [6, 6.07) is 0.301. The van der Waals surface area contributed by atoms with Crippen molar-refractivity contribution < 1.29 is 0 Å². The lowest BCUT2D eigenvalue weighted by atomic mass is 9.82.